The minimum absolute atomic E-state index is 0.338. The van der Waals surface area contributed by atoms with Crippen LogP contribution in [0.4, 0.5) is 0 Å². The van der Waals surface area contributed by atoms with Crippen molar-refractivity contribution in [2.45, 2.75) is 64.5 Å². The van der Waals surface area contributed by atoms with Gasteiger partial charge in [-0.3, -0.25) is 9.80 Å². The molecule has 36 heavy (non-hydrogen) atoms. The molecule has 2 atom stereocenters. The van der Waals surface area contributed by atoms with E-state index in [9.17, 15) is 15.8 Å². The maximum atomic E-state index is 9.36. The molecule has 0 radical (unpaired) electrons. The largest absolute Gasteiger partial charge is 0.491 e. The molecule has 3 rings (SSSR count). The summed E-state index contributed by atoms with van der Waals surface area (Å²) in [6.45, 7) is 8.14. The number of rotatable bonds is 13. The Labute approximate surface area is 216 Å². The zero-order valence-electron chi connectivity index (χ0n) is 21.6. The maximum Gasteiger partial charge on any atom is 0.137 e. The monoisotopic (exact) mass is 483 g/mol. The number of hydrogen-bond acceptors (Lipinski definition) is 6. The zero-order chi connectivity index (χ0) is 25.8. The van der Waals surface area contributed by atoms with Gasteiger partial charge in [0.1, 0.15) is 18.4 Å². The molecule has 1 aliphatic heterocycles. The van der Waals surface area contributed by atoms with Crippen LogP contribution >= 0.6 is 0 Å². The molecule has 1 aliphatic rings. The van der Waals surface area contributed by atoms with E-state index >= 15 is 0 Å². The Balaban J connectivity index is 1.68. The maximum absolute atomic E-state index is 9.36. The Morgan fingerprint density at radius 1 is 1.06 bits per heavy atom. The second kappa shape index (κ2) is 14.3. The summed E-state index contributed by atoms with van der Waals surface area (Å²) in [6.07, 6.45) is 6.25. The molecule has 0 N–H and O–H groups in total. The van der Waals surface area contributed by atoms with Gasteiger partial charge in [-0.15, -0.1) is 0 Å². The average Bonchev–Trinajstić information content (AvgIpc) is 3.38. The summed E-state index contributed by atoms with van der Waals surface area (Å²) in [7, 11) is 0. The fraction of sp³-hybridized carbons (Fsp3) is 0.500. The summed E-state index contributed by atoms with van der Waals surface area (Å²) in [5, 5.41) is 27.9. The third-order valence-electron chi connectivity index (χ3n) is 7.14. The molecule has 2 aromatic carbocycles. The molecule has 0 bridgehead atoms. The van der Waals surface area contributed by atoms with Crippen LogP contribution in [0.3, 0.4) is 0 Å². The minimum Gasteiger partial charge on any atom is -0.491 e. The van der Waals surface area contributed by atoms with E-state index in [1.165, 1.54) is 24.8 Å². The molecule has 6 nitrogen and oxygen atoms in total. The lowest BCUT2D eigenvalue weighted by atomic mass is 9.96. The normalized spacial score (nSPS) is 16.3. The molecule has 0 aliphatic carbocycles. The number of ether oxygens (including phenoxy) is 1. The standard InChI is InChI=1S/C30H37N5O/c1-3-4-5-10-29(25-12-13-26(21-32)24(2)20-25)35-17-14-28(23-35)34(16-8-15-31)18-19-36-30-11-7-6-9-27(30)22-33/h6-7,9,11-13,20,28-29H,3-5,8,10,14,16-19,23H2,1-2H3. The Morgan fingerprint density at radius 2 is 1.86 bits per heavy atom. The number of unbranched alkanes of at least 4 members (excludes halogenated alkanes) is 2. The van der Waals surface area contributed by atoms with Crippen LogP contribution in [-0.2, 0) is 0 Å². The van der Waals surface area contributed by atoms with Crippen molar-refractivity contribution in [2.75, 3.05) is 32.8 Å². The summed E-state index contributed by atoms with van der Waals surface area (Å²) in [5.74, 6) is 0.612. The molecular weight excluding hydrogens is 446 g/mol. The van der Waals surface area contributed by atoms with Crippen molar-refractivity contribution in [1.82, 2.24) is 9.80 Å². The lowest BCUT2D eigenvalue weighted by molar-refractivity contribution is 0.149. The lowest BCUT2D eigenvalue weighted by Gasteiger charge is -2.32. The van der Waals surface area contributed by atoms with Crippen molar-refractivity contribution in [3.05, 3.63) is 64.7 Å². The molecule has 0 spiro atoms. The fourth-order valence-corrected chi connectivity index (χ4v) is 5.14. The highest BCUT2D eigenvalue weighted by molar-refractivity contribution is 5.42. The molecule has 188 valence electrons. The molecule has 0 saturated carbocycles. The van der Waals surface area contributed by atoms with Crippen LogP contribution in [0.2, 0.25) is 0 Å². The van der Waals surface area contributed by atoms with Gasteiger partial charge in [0.2, 0.25) is 0 Å². The molecule has 2 aromatic rings. The van der Waals surface area contributed by atoms with Crippen molar-refractivity contribution < 1.29 is 4.74 Å². The smallest absolute Gasteiger partial charge is 0.137 e. The van der Waals surface area contributed by atoms with Crippen LogP contribution in [0.5, 0.6) is 5.75 Å². The lowest BCUT2D eigenvalue weighted by Crippen LogP contribution is -2.41. The van der Waals surface area contributed by atoms with Crippen molar-refractivity contribution in [1.29, 1.82) is 15.8 Å². The fourth-order valence-electron chi connectivity index (χ4n) is 5.14. The van der Waals surface area contributed by atoms with Gasteiger partial charge in [0, 0.05) is 44.7 Å². The third kappa shape index (κ3) is 7.32. The van der Waals surface area contributed by atoms with E-state index in [2.05, 4.69) is 47.1 Å². The van der Waals surface area contributed by atoms with E-state index < -0.39 is 0 Å². The molecule has 1 heterocycles. The Kier molecular flexibility index (Phi) is 10.8. The molecule has 2 unspecified atom stereocenters. The van der Waals surface area contributed by atoms with Gasteiger partial charge in [-0.2, -0.15) is 15.8 Å². The van der Waals surface area contributed by atoms with Crippen molar-refractivity contribution in [3.63, 3.8) is 0 Å². The van der Waals surface area contributed by atoms with Crippen LogP contribution < -0.4 is 4.74 Å². The van der Waals surface area contributed by atoms with Crippen LogP contribution in [0.1, 0.15) is 73.7 Å². The van der Waals surface area contributed by atoms with E-state index in [-0.39, 0.29) is 0 Å². The number of likely N-dealkylation sites (tertiary alicyclic amines) is 1. The van der Waals surface area contributed by atoms with E-state index in [1.807, 2.05) is 31.2 Å². The Hall–Kier alpha value is -3.37. The van der Waals surface area contributed by atoms with E-state index in [0.717, 1.165) is 50.1 Å². The highest BCUT2D eigenvalue weighted by atomic mass is 16.5. The van der Waals surface area contributed by atoms with Crippen LogP contribution in [0.25, 0.3) is 0 Å². The Bertz CT molecular complexity index is 1110. The first kappa shape index (κ1) is 27.2. The number of para-hydroxylation sites is 1. The SMILES string of the molecule is CCCCCC(c1ccc(C#N)c(C)c1)N1CCC(N(CCC#N)CCOc2ccccc2C#N)C1. The van der Waals surface area contributed by atoms with E-state index in [4.69, 9.17) is 4.74 Å². The van der Waals surface area contributed by atoms with Gasteiger partial charge in [-0.05, 0) is 49.1 Å². The van der Waals surface area contributed by atoms with Crippen LogP contribution in [0, 0.1) is 40.9 Å². The molecule has 1 fully saturated rings. The van der Waals surface area contributed by atoms with Gasteiger partial charge in [0.15, 0.2) is 0 Å². The van der Waals surface area contributed by atoms with Gasteiger partial charge in [0.25, 0.3) is 0 Å². The molecule has 0 aromatic heterocycles. The Morgan fingerprint density at radius 3 is 2.58 bits per heavy atom. The topological polar surface area (TPSA) is 87.1 Å². The van der Waals surface area contributed by atoms with E-state index in [0.29, 0.717) is 36.4 Å². The number of nitriles is 3. The van der Waals surface area contributed by atoms with Crippen LogP contribution in [-0.4, -0.2) is 48.6 Å². The van der Waals surface area contributed by atoms with Gasteiger partial charge >= 0.3 is 0 Å². The third-order valence-corrected chi connectivity index (χ3v) is 7.14. The van der Waals surface area contributed by atoms with Gasteiger partial charge in [-0.1, -0.05) is 50.5 Å². The van der Waals surface area contributed by atoms with Crippen molar-refractivity contribution in [2.24, 2.45) is 0 Å². The first-order valence-electron chi connectivity index (χ1n) is 13.1. The van der Waals surface area contributed by atoms with Crippen molar-refractivity contribution >= 4 is 0 Å². The number of hydrogen-bond donors (Lipinski definition) is 0. The average molecular weight is 484 g/mol. The van der Waals surface area contributed by atoms with Gasteiger partial charge in [-0.25, -0.2) is 0 Å². The molecular formula is C30H37N5O. The predicted molar refractivity (Wildman–Crippen MR) is 141 cm³/mol. The first-order valence-corrected chi connectivity index (χ1v) is 13.1. The van der Waals surface area contributed by atoms with Gasteiger partial charge < -0.3 is 4.74 Å². The quantitative estimate of drug-likeness (QED) is 0.338. The number of benzene rings is 2. The number of aryl methyl sites for hydroxylation is 1. The first-order chi connectivity index (χ1) is 17.6. The predicted octanol–water partition coefficient (Wildman–Crippen LogP) is 5.73. The highest BCUT2D eigenvalue weighted by Gasteiger charge is 2.32. The summed E-state index contributed by atoms with van der Waals surface area (Å²) >= 11 is 0. The van der Waals surface area contributed by atoms with Gasteiger partial charge in [0.05, 0.1) is 23.3 Å². The summed E-state index contributed by atoms with van der Waals surface area (Å²) < 4.78 is 5.96. The molecule has 6 heteroatoms. The minimum atomic E-state index is 0.338. The zero-order valence-corrected chi connectivity index (χ0v) is 21.6. The molecule has 0 amide bonds. The second-order valence-electron chi connectivity index (χ2n) is 9.54. The van der Waals surface area contributed by atoms with Crippen LogP contribution in [0.15, 0.2) is 42.5 Å². The summed E-state index contributed by atoms with van der Waals surface area (Å²) in [6, 6.07) is 21.1. The summed E-state index contributed by atoms with van der Waals surface area (Å²) in [4.78, 5) is 4.97. The highest BCUT2D eigenvalue weighted by Crippen LogP contribution is 2.32. The molecule has 1 saturated heterocycles. The number of nitrogens with zero attached hydrogens (tertiary/aromatic N) is 5. The van der Waals surface area contributed by atoms with Crippen molar-refractivity contribution in [3.8, 4) is 24.0 Å². The van der Waals surface area contributed by atoms with E-state index in [1.54, 1.807) is 6.07 Å². The second-order valence-corrected chi connectivity index (χ2v) is 9.54. The summed E-state index contributed by atoms with van der Waals surface area (Å²) in [5.41, 5.74) is 3.62.